The van der Waals surface area contributed by atoms with E-state index in [0.717, 1.165) is 11.1 Å². The van der Waals surface area contributed by atoms with Gasteiger partial charge in [-0.2, -0.15) is 0 Å². The summed E-state index contributed by atoms with van der Waals surface area (Å²) in [5.74, 6) is 0. The first-order valence-corrected chi connectivity index (χ1v) is 8.66. The molecule has 0 unspecified atom stereocenters. The van der Waals surface area contributed by atoms with Crippen molar-refractivity contribution in [3.05, 3.63) is 28.3 Å². The van der Waals surface area contributed by atoms with E-state index in [-0.39, 0.29) is 0 Å². The minimum absolute atomic E-state index is 0.307. The molecule has 1 aromatic carbocycles. The highest BCUT2D eigenvalue weighted by Crippen LogP contribution is 2.27. The maximum atomic E-state index is 12.5. The second kappa shape index (κ2) is 6.02. The molecule has 0 spiro atoms. The molecule has 6 heteroatoms. The molecule has 1 saturated carbocycles. The van der Waals surface area contributed by atoms with Gasteiger partial charge in [-0.15, -0.1) is 0 Å². The summed E-state index contributed by atoms with van der Waals surface area (Å²) in [6.07, 6.45) is 2.40. The lowest BCUT2D eigenvalue weighted by Gasteiger charge is -2.19. The zero-order valence-corrected chi connectivity index (χ0v) is 13.7. The Balaban J connectivity index is 2.37. The van der Waals surface area contributed by atoms with Crippen molar-refractivity contribution in [2.75, 3.05) is 13.6 Å². The Bertz CT molecular complexity index is 597. The average Bonchev–Trinajstić information content (AvgIpc) is 3.22. The lowest BCUT2D eigenvalue weighted by Crippen LogP contribution is -2.27. The van der Waals surface area contributed by atoms with Crippen LogP contribution >= 0.6 is 11.6 Å². The van der Waals surface area contributed by atoms with Crippen LogP contribution < -0.4 is 5.32 Å². The number of nitrogens with zero attached hydrogens (tertiary/aromatic N) is 1. The van der Waals surface area contributed by atoms with E-state index in [0.29, 0.717) is 29.0 Å². The standard InChI is InChI=1S/C14H21ClN2O2S/c1-4-17(3)20(18,19)14-8-12(15)7-11(10(14)2)9-16-13-5-6-13/h7-8,13,16H,4-6,9H2,1-3H3. The van der Waals surface area contributed by atoms with Gasteiger partial charge in [-0.1, -0.05) is 18.5 Å². The van der Waals surface area contributed by atoms with Gasteiger partial charge in [0.1, 0.15) is 0 Å². The number of rotatable bonds is 6. The van der Waals surface area contributed by atoms with E-state index in [9.17, 15) is 8.42 Å². The van der Waals surface area contributed by atoms with Gasteiger partial charge in [-0.05, 0) is 43.0 Å². The van der Waals surface area contributed by atoms with Crippen molar-refractivity contribution >= 4 is 21.6 Å². The summed E-state index contributed by atoms with van der Waals surface area (Å²) in [6, 6.07) is 3.96. The van der Waals surface area contributed by atoms with Crippen LogP contribution in [0.5, 0.6) is 0 Å². The number of hydrogen-bond acceptors (Lipinski definition) is 3. The Kier molecular flexibility index (Phi) is 4.74. The summed E-state index contributed by atoms with van der Waals surface area (Å²) in [7, 11) is -1.89. The molecule has 0 saturated heterocycles. The molecule has 0 amide bonds. The van der Waals surface area contributed by atoms with Gasteiger partial charge in [-0.3, -0.25) is 0 Å². The van der Waals surface area contributed by atoms with Crippen LogP contribution in [-0.2, 0) is 16.6 Å². The van der Waals surface area contributed by atoms with E-state index in [1.54, 1.807) is 13.1 Å². The summed E-state index contributed by atoms with van der Waals surface area (Å²) in [5.41, 5.74) is 1.73. The van der Waals surface area contributed by atoms with Gasteiger partial charge in [-0.25, -0.2) is 12.7 Å². The molecule has 0 atom stereocenters. The number of nitrogens with one attached hydrogen (secondary N) is 1. The second-order valence-electron chi connectivity index (χ2n) is 5.26. The quantitative estimate of drug-likeness (QED) is 0.877. The van der Waals surface area contributed by atoms with Crippen LogP contribution in [-0.4, -0.2) is 32.4 Å². The number of halogens is 1. The monoisotopic (exact) mass is 316 g/mol. The van der Waals surface area contributed by atoms with Crippen LogP contribution in [0.1, 0.15) is 30.9 Å². The van der Waals surface area contributed by atoms with Crippen molar-refractivity contribution in [2.24, 2.45) is 0 Å². The molecular weight excluding hydrogens is 296 g/mol. The predicted octanol–water partition coefficient (Wildman–Crippen LogP) is 2.54. The summed E-state index contributed by atoms with van der Waals surface area (Å²) in [6.45, 7) is 4.75. The van der Waals surface area contributed by atoms with Gasteiger partial charge in [0.25, 0.3) is 0 Å². The normalized spacial score (nSPS) is 15.8. The first-order valence-electron chi connectivity index (χ1n) is 6.85. The van der Waals surface area contributed by atoms with E-state index in [2.05, 4.69) is 5.32 Å². The Labute approximate surface area is 126 Å². The summed E-state index contributed by atoms with van der Waals surface area (Å²) < 4.78 is 26.3. The van der Waals surface area contributed by atoms with Gasteiger partial charge in [0, 0.05) is 31.2 Å². The highest BCUT2D eigenvalue weighted by atomic mass is 35.5. The predicted molar refractivity (Wildman–Crippen MR) is 81.5 cm³/mol. The lowest BCUT2D eigenvalue weighted by atomic mass is 10.1. The third-order valence-electron chi connectivity index (χ3n) is 3.72. The molecule has 0 radical (unpaired) electrons. The molecule has 1 fully saturated rings. The number of sulfonamides is 1. The van der Waals surface area contributed by atoms with Gasteiger partial charge in [0.05, 0.1) is 4.90 Å². The van der Waals surface area contributed by atoms with Gasteiger partial charge >= 0.3 is 0 Å². The molecule has 1 aromatic rings. The van der Waals surface area contributed by atoms with Crippen LogP contribution in [0, 0.1) is 6.92 Å². The summed E-state index contributed by atoms with van der Waals surface area (Å²) in [5, 5.41) is 3.86. The third-order valence-corrected chi connectivity index (χ3v) is 6.00. The first kappa shape index (κ1) is 15.8. The fraction of sp³-hybridized carbons (Fsp3) is 0.571. The molecule has 1 aliphatic rings. The third kappa shape index (κ3) is 3.34. The second-order valence-corrected chi connectivity index (χ2v) is 7.71. The number of benzene rings is 1. The van der Waals surface area contributed by atoms with Gasteiger partial charge in [0.2, 0.25) is 10.0 Å². The lowest BCUT2D eigenvalue weighted by molar-refractivity contribution is 0.485. The fourth-order valence-corrected chi connectivity index (χ4v) is 3.81. The van der Waals surface area contributed by atoms with E-state index >= 15 is 0 Å². The minimum atomic E-state index is -3.47. The topological polar surface area (TPSA) is 49.4 Å². The Morgan fingerprint density at radius 2 is 2.05 bits per heavy atom. The molecule has 20 heavy (non-hydrogen) atoms. The highest BCUT2D eigenvalue weighted by molar-refractivity contribution is 7.89. The van der Waals surface area contributed by atoms with Gasteiger partial charge < -0.3 is 5.32 Å². The van der Waals surface area contributed by atoms with Crippen molar-refractivity contribution in [3.8, 4) is 0 Å². The van der Waals surface area contributed by atoms with Crippen LogP contribution in [0.15, 0.2) is 17.0 Å². The van der Waals surface area contributed by atoms with Crippen LogP contribution in [0.3, 0.4) is 0 Å². The van der Waals surface area contributed by atoms with E-state index in [4.69, 9.17) is 11.6 Å². The molecule has 1 aliphatic carbocycles. The maximum Gasteiger partial charge on any atom is 0.243 e. The fourth-order valence-electron chi connectivity index (χ4n) is 2.04. The smallest absolute Gasteiger partial charge is 0.243 e. The Morgan fingerprint density at radius 1 is 1.40 bits per heavy atom. The average molecular weight is 317 g/mol. The molecule has 112 valence electrons. The SMILES string of the molecule is CCN(C)S(=O)(=O)c1cc(Cl)cc(CNC2CC2)c1C. The molecule has 4 nitrogen and oxygen atoms in total. The molecular formula is C14H21ClN2O2S. The largest absolute Gasteiger partial charge is 0.310 e. The molecule has 0 heterocycles. The zero-order chi connectivity index (χ0) is 14.9. The minimum Gasteiger partial charge on any atom is -0.310 e. The van der Waals surface area contributed by atoms with Gasteiger partial charge in [0.15, 0.2) is 0 Å². The van der Waals surface area contributed by atoms with Crippen LogP contribution in [0.2, 0.25) is 5.02 Å². The first-order chi connectivity index (χ1) is 9.36. The molecule has 1 N–H and O–H groups in total. The van der Waals surface area contributed by atoms with E-state index in [1.165, 1.54) is 17.1 Å². The maximum absolute atomic E-state index is 12.5. The summed E-state index contributed by atoms with van der Waals surface area (Å²) in [4.78, 5) is 0.307. The van der Waals surface area contributed by atoms with E-state index < -0.39 is 10.0 Å². The van der Waals surface area contributed by atoms with Crippen molar-refractivity contribution in [2.45, 2.75) is 44.2 Å². The van der Waals surface area contributed by atoms with E-state index in [1.807, 2.05) is 19.9 Å². The van der Waals surface area contributed by atoms with Crippen molar-refractivity contribution in [1.82, 2.24) is 9.62 Å². The Hall–Kier alpha value is -0.620. The highest BCUT2D eigenvalue weighted by Gasteiger charge is 2.25. The Morgan fingerprint density at radius 3 is 2.60 bits per heavy atom. The van der Waals surface area contributed by atoms with Crippen LogP contribution in [0.25, 0.3) is 0 Å². The van der Waals surface area contributed by atoms with Crippen LogP contribution in [0.4, 0.5) is 0 Å². The molecule has 2 rings (SSSR count). The van der Waals surface area contributed by atoms with Crippen molar-refractivity contribution < 1.29 is 8.42 Å². The molecule has 0 aromatic heterocycles. The molecule has 0 bridgehead atoms. The van der Waals surface area contributed by atoms with Crippen molar-refractivity contribution in [1.29, 1.82) is 0 Å². The van der Waals surface area contributed by atoms with Crippen molar-refractivity contribution in [3.63, 3.8) is 0 Å². The number of hydrogen-bond donors (Lipinski definition) is 1. The summed E-state index contributed by atoms with van der Waals surface area (Å²) >= 11 is 6.10. The molecule has 0 aliphatic heterocycles. The zero-order valence-electron chi connectivity index (χ0n) is 12.1.